The number of benzene rings is 3. The molecule has 3 aromatic carbocycles. The lowest BCUT2D eigenvalue weighted by Crippen LogP contribution is -1.91. The van der Waals surface area contributed by atoms with Gasteiger partial charge in [0.05, 0.1) is 6.61 Å². The Bertz CT molecular complexity index is 735. The molecule has 3 aromatic rings. The first-order valence-corrected chi connectivity index (χ1v) is 8.69. The summed E-state index contributed by atoms with van der Waals surface area (Å²) in [5.41, 5.74) is 2.70. The fourth-order valence-electron chi connectivity index (χ4n) is 2.46. The van der Waals surface area contributed by atoms with Crippen molar-refractivity contribution < 1.29 is 4.74 Å². The van der Waals surface area contributed by atoms with E-state index in [1.807, 2.05) is 19.1 Å². The molecule has 23 heavy (non-hydrogen) atoms. The van der Waals surface area contributed by atoms with Crippen molar-refractivity contribution in [2.24, 2.45) is 0 Å². The van der Waals surface area contributed by atoms with Crippen molar-refractivity contribution in [3.63, 3.8) is 0 Å². The van der Waals surface area contributed by atoms with Gasteiger partial charge in [-0.3, -0.25) is 0 Å². The quantitative estimate of drug-likeness (QED) is 0.565. The Morgan fingerprint density at radius 1 is 0.783 bits per heavy atom. The molecule has 0 saturated heterocycles. The molecule has 116 valence electrons. The summed E-state index contributed by atoms with van der Waals surface area (Å²) in [6.45, 7) is 2.70. The Morgan fingerprint density at radius 3 is 2.22 bits per heavy atom. The lowest BCUT2D eigenvalue weighted by atomic mass is 10.1. The van der Waals surface area contributed by atoms with Crippen molar-refractivity contribution in [1.29, 1.82) is 0 Å². The van der Waals surface area contributed by atoms with Crippen molar-refractivity contribution in [2.75, 3.05) is 6.61 Å². The zero-order chi connectivity index (χ0) is 15.9. The number of rotatable bonds is 6. The maximum atomic E-state index is 5.50. The summed E-state index contributed by atoms with van der Waals surface area (Å²) >= 11 is 1.80. The molecule has 0 N–H and O–H groups in total. The summed E-state index contributed by atoms with van der Waals surface area (Å²) in [7, 11) is 0. The highest BCUT2D eigenvalue weighted by Gasteiger charge is 2.05. The van der Waals surface area contributed by atoms with Gasteiger partial charge in [-0.1, -0.05) is 60.3 Å². The summed E-state index contributed by atoms with van der Waals surface area (Å²) in [4.78, 5) is 2.54. The summed E-state index contributed by atoms with van der Waals surface area (Å²) in [5.74, 6) is 0.925. The highest BCUT2D eigenvalue weighted by Crippen LogP contribution is 2.32. The predicted octanol–water partition coefficient (Wildman–Crippen LogP) is 5.83. The minimum absolute atomic E-state index is 0.701. The largest absolute Gasteiger partial charge is 0.494 e. The third-order valence-corrected chi connectivity index (χ3v) is 4.70. The van der Waals surface area contributed by atoms with Gasteiger partial charge in [0.25, 0.3) is 0 Å². The minimum Gasteiger partial charge on any atom is -0.494 e. The van der Waals surface area contributed by atoms with Crippen molar-refractivity contribution in [3.8, 4) is 5.75 Å². The van der Waals surface area contributed by atoms with Crippen LogP contribution in [0.4, 0.5) is 0 Å². The van der Waals surface area contributed by atoms with E-state index < -0.39 is 0 Å². The topological polar surface area (TPSA) is 9.23 Å². The van der Waals surface area contributed by atoms with Crippen molar-refractivity contribution in [2.45, 2.75) is 23.1 Å². The first kappa shape index (κ1) is 15.7. The fraction of sp³-hybridized carbons (Fsp3) is 0.143. The van der Waals surface area contributed by atoms with Crippen molar-refractivity contribution >= 4 is 11.8 Å². The Labute approximate surface area is 142 Å². The van der Waals surface area contributed by atoms with Gasteiger partial charge in [0.15, 0.2) is 0 Å². The molecule has 2 heteroatoms. The van der Waals surface area contributed by atoms with Gasteiger partial charge in [-0.15, -0.1) is 0 Å². The third kappa shape index (κ3) is 4.40. The molecule has 1 nitrogen and oxygen atoms in total. The zero-order valence-corrected chi connectivity index (χ0v) is 14.1. The lowest BCUT2D eigenvalue weighted by Gasteiger charge is -2.10. The van der Waals surface area contributed by atoms with Gasteiger partial charge in [-0.05, 0) is 54.8 Å². The molecule has 0 heterocycles. The average Bonchev–Trinajstić information content (AvgIpc) is 2.60. The summed E-state index contributed by atoms with van der Waals surface area (Å²) in [6.07, 6.45) is 0.959. The van der Waals surface area contributed by atoms with E-state index in [0.29, 0.717) is 6.61 Å². The Hall–Kier alpha value is -2.19. The van der Waals surface area contributed by atoms with Gasteiger partial charge < -0.3 is 4.74 Å². The zero-order valence-electron chi connectivity index (χ0n) is 13.2. The molecule has 0 aliphatic carbocycles. The molecule has 3 rings (SSSR count). The van der Waals surface area contributed by atoms with E-state index in [4.69, 9.17) is 4.74 Å². The van der Waals surface area contributed by atoms with E-state index in [9.17, 15) is 0 Å². The number of ether oxygens (including phenoxy) is 1. The molecular weight excluding hydrogens is 300 g/mol. The van der Waals surface area contributed by atoms with Crippen LogP contribution in [0.2, 0.25) is 0 Å². The van der Waals surface area contributed by atoms with Crippen LogP contribution < -0.4 is 4.74 Å². The molecule has 0 saturated carbocycles. The van der Waals surface area contributed by atoms with Crippen LogP contribution >= 0.6 is 11.8 Å². The van der Waals surface area contributed by atoms with Gasteiger partial charge in [-0.25, -0.2) is 0 Å². The molecule has 0 bridgehead atoms. The molecule has 0 fully saturated rings. The van der Waals surface area contributed by atoms with Crippen LogP contribution in [0.15, 0.2) is 88.7 Å². The normalized spacial score (nSPS) is 10.5. The van der Waals surface area contributed by atoms with Gasteiger partial charge in [0.2, 0.25) is 0 Å². The van der Waals surface area contributed by atoms with E-state index in [0.717, 1.165) is 12.2 Å². The lowest BCUT2D eigenvalue weighted by molar-refractivity contribution is 0.340. The molecule has 0 amide bonds. The molecule has 0 aromatic heterocycles. The summed E-state index contributed by atoms with van der Waals surface area (Å²) < 4.78 is 5.50. The second-order valence-corrected chi connectivity index (χ2v) is 6.39. The molecule has 0 aliphatic rings. The molecule has 0 unspecified atom stereocenters. The maximum absolute atomic E-state index is 5.50. The van der Waals surface area contributed by atoms with Crippen LogP contribution in [0, 0.1) is 0 Å². The first-order chi connectivity index (χ1) is 11.3. The van der Waals surface area contributed by atoms with E-state index in [2.05, 4.69) is 66.7 Å². The molecule has 0 spiro atoms. The van der Waals surface area contributed by atoms with E-state index in [1.165, 1.54) is 20.9 Å². The molecule has 0 atom stereocenters. The summed E-state index contributed by atoms with van der Waals surface area (Å²) in [5, 5.41) is 0. The SMILES string of the molecule is CCOc1ccc(Sc2ccccc2Cc2ccccc2)cc1. The average molecular weight is 320 g/mol. The highest BCUT2D eigenvalue weighted by atomic mass is 32.2. The standard InChI is InChI=1S/C21H20OS/c1-2-22-19-12-14-20(15-13-19)23-21-11-7-6-10-18(21)16-17-8-4-3-5-9-17/h3-15H,2,16H2,1H3. The van der Waals surface area contributed by atoms with Crippen LogP contribution in [0.25, 0.3) is 0 Å². The Morgan fingerprint density at radius 2 is 1.48 bits per heavy atom. The molecule has 0 aliphatic heterocycles. The van der Waals surface area contributed by atoms with E-state index >= 15 is 0 Å². The molecular formula is C21H20OS. The van der Waals surface area contributed by atoms with Gasteiger partial charge in [0, 0.05) is 9.79 Å². The summed E-state index contributed by atoms with van der Waals surface area (Å²) in [6, 6.07) is 27.5. The number of hydrogen-bond donors (Lipinski definition) is 0. The fourth-order valence-corrected chi connectivity index (χ4v) is 3.41. The highest BCUT2D eigenvalue weighted by molar-refractivity contribution is 7.99. The van der Waals surface area contributed by atoms with Crippen molar-refractivity contribution in [3.05, 3.63) is 90.0 Å². The first-order valence-electron chi connectivity index (χ1n) is 7.87. The van der Waals surface area contributed by atoms with Crippen molar-refractivity contribution in [1.82, 2.24) is 0 Å². The van der Waals surface area contributed by atoms with Gasteiger partial charge in [0.1, 0.15) is 5.75 Å². The third-order valence-electron chi connectivity index (χ3n) is 3.57. The second kappa shape index (κ2) is 7.89. The monoisotopic (exact) mass is 320 g/mol. The van der Waals surface area contributed by atoms with Gasteiger partial charge >= 0.3 is 0 Å². The predicted molar refractivity (Wildman–Crippen MR) is 97.4 cm³/mol. The smallest absolute Gasteiger partial charge is 0.119 e. The molecule has 0 radical (unpaired) electrons. The Balaban J connectivity index is 1.77. The van der Waals surface area contributed by atoms with E-state index in [1.54, 1.807) is 11.8 Å². The Kier molecular flexibility index (Phi) is 5.38. The number of hydrogen-bond acceptors (Lipinski definition) is 2. The minimum atomic E-state index is 0.701. The van der Waals surface area contributed by atoms with Crippen LogP contribution in [0.5, 0.6) is 5.75 Å². The van der Waals surface area contributed by atoms with E-state index in [-0.39, 0.29) is 0 Å². The maximum Gasteiger partial charge on any atom is 0.119 e. The van der Waals surface area contributed by atoms with Crippen LogP contribution in [0.1, 0.15) is 18.1 Å². The second-order valence-electron chi connectivity index (χ2n) is 5.28. The van der Waals surface area contributed by atoms with Crippen LogP contribution in [-0.4, -0.2) is 6.61 Å². The van der Waals surface area contributed by atoms with Crippen LogP contribution in [-0.2, 0) is 6.42 Å². The van der Waals surface area contributed by atoms with Crippen LogP contribution in [0.3, 0.4) is 0 Å². The van der Waals surface area contributed by atoms with Gasteiger partial charge in [-0.2, -0.15) is 0 Å².